The molecule has 2 aliphatic heterocycles. The lowest BCUT2D eigenvalue weighted by Gasteiger charge is -2.29. The summed E-state index contributed by atoms with van der Waals surface area (Å²) in [5.74, 6) is -2.07. The second kappa shape index (κ2) is 10.4. The zero-order valence-electron chi connectivity index (χ0n) is 22.4. The largest absolute Gasteiger partial charge is 0.508 e. The molecule has 0 saturated carbocycles. The average molecular weight is 506 g/mol. The number of anilines is 1. The first-order valence-corrected chi connectivity index (χ1v) is 13.1. The molecular formula is C30H39N3O4. The van der Waals surface area contributed by atoms with Gasteiger partial charge in [0.1, 0.15) is 5.76 Å². The summed E-state index contributed by atoms with van der Waals surface area (Å²) in [5, 5.41) is 39.5. The van der Waals surface area contributed by atoms with Crippen molar-refractivity contribution < 1.29 is 20.1 Å². The smallest absolute Gasteiger partial charge is 0.231 e. The highest BCUT2D eigenvalue weighted by molar-refractivity contribution is 5.94. The van der Waals surface area contributed by atoms with E-state index in [0.29, 0.717) is 17.6 Å². The first-order chi connectivity index (χ1) is 17.6. The summed E-state index contributed by atoms with van der Waals surface area (Å²) in [6.07, 6.45) is 3.19. The summed E-state index contributed by atoms with van der Waals surface area (Å²) >= 11 is 0. The molecule has 1 aromatic rings. The maximum Gasteiger partial charge on any atom is 0.231 e. The zero-order valence-corrected chi connectivity index (χ0v) is 22.4. The fourth-order valence-corrected chi connectivity index (χ4v) is 6.15. The average Bonchev–Trinajstić information content (AvgIpc) is 3.31. The molecule has 3 aliphatic rings. The second-order valence-corrected chi connectivity index (χ2v) is 10.4. The van der Waals surface area contributed by atoms with Crippen molar-refractivity contribution in [1.29, 1.82) is 0 Å². The topological polar surface area (TPSA) is 114 Å². The highest BCUT2D eigenvalue weighted by atomic mass is 16.3. The summed E-state index contributed by atoms with van der Waals surface area (Å²) in [6, 6.07) is 8.31. The van der Waals surface area contributed by atoms with E-state index >= 15 is 0 Å². The molecule has 6 N–H and O–H groups in total. The van der Waals surface area contributed by atoms with Crippen LogP contribution >= 0.6 is 0 Å². The molecule has 2 heterocycles. The normalized spacial score (nSPS) is 26.7. The Morgan fingerprint density at radius 1 is 1.11 bits per heavy atom. The van der Waals surface area contributed by atoms with Gasteiger partial charge in [0.25, 0.3) is 0 Å². The first kappa shape index (κ1) is 26.5. The van der Waals surface area contributed by atoms with Crippen LogP contribution in [0.2, 0.25) is 0 Å². The molecular weight excluding hydrogens is 466 g/mol. The molecule has 4 rings (SSSR count). The van der Waals surface area contributed by atoms with Gasteiger partial charge in [-0.15, -0.1) is 0 Å². The molecule has 0 spiro atoms. The standard InChI is InChI=1S/C30H39N3O4/c1-7-22-15(3)27(31-17(22)5)26(28-16(4)23(8-2)18(6)32-28)19-9-11-21(12-10-19)33-30(37)20-13-24(34)29(36)25(35)14-20/h9-13,18,20,23,26-27,31-32,34-36H,5,7-8,14H2,1-4,6H3,(H,33,37). The van der Waals surface area contributed by atoms with Crippen LogP contribution in [0, 0.1) is 11.8 Å². The molecule has 0 radical (unpaired) electrons. The molecule has 0 fully saturated rings. The monoisotopic (exact) mass is 505 g/mol. The van der Waals surface area contributed by atoms with Crippen molar-refractivity contribution in [2.75, 3.05) is 5.32 Å². The maximum atomic E-state index is 12.8. The fraction of sp³-hybridized carbons (Fsp3) is 0.433. The Kier molecular flexibility index (Phi) is 7.44. The lowest BCUT2D eigenvalue weighted by molar-refractivity contribution is -0.118. The van der Waals surface area contributed by atoms with Gasteiger partial charge in [-0.2, -0.15) is 0 Å². The third-order valence-electron chi connectivity index (χ3n) is 8.20. The first-order valence-electron chi connectivity index (χ1n) is 13.1. The van der Waals surface area contributed by atoms with Crippen LogP contribution in [0.4, 0.5) is 5.69 Å². The summed E-state index contributed by atoms with van der Waals surface area (Å²) < 4.78 is 0. The number of hydrogen-bond donors (Lipinski definition) is 6. The van der Waals surface area contributed by atoms with E-state index in [1.54, 1.807) is 0 Å². The van der Waals surface area contributed by atoms with Gasteiger partial charge in [-0.05, 0) is 74.1 Å². The van der Waals surface area contributed by atoms with Crippen molar-refractivity contribution in [3.05, 3.63) is 87.9 Å². The van der Waals surface area contributed by atoms with Gasteiger partial charge in [-0.3, -0.25) is 4.79 Å². The summed E-state index contributed by atoms with van der Waals surface area (Å²) in [7, 11) is 0. The maximum absolute atomic E-state index is 12.8. The molecule has 5 unspecified atom stereocenters. The number of carbonyl (C=O) groups excluding carboxylic acids is 1. The van der Waals surface area contributed by atoms with Gasteiger partial charge in [-0.1, -0.05) is 32.6 Å². The third kappa shape index (κ3) is 4.87. The van der Waals surface area contributed by atoms with Gasteiger partial charge >= 0.3 is 0 Å². The van der Waals surface area contributed by atoms with E-state index in [2.05, 4.69) is 57.1 Å². The van der Waals surface area contributed by atoms with E-state index < -0.39 is 23.2 Å². The minimum Gasteiger partial charge on any atom is -0.508 e. The Morgan fingerprint density at radius 2 is 1.78 bits per heavy atom. The molecule has 7 heteroatoms. The number of nitrogens with one attached hydrogen (secondary N) is 3. The number of rotatable bonds is 7. The van der Waals surface area contributed by atoms with E-state index in [4.69, 9.17) is 0 Å². The van der Waals surface area contributed by atoms with E-state index in [9.17, 15) is 20.1 Å². The Hall–Kier alpha value is -3.61. The van der Waals surface area contributed by atoms with Crippen molar-refractivity contribution in [3.63, 3.8) is 0 Å². The summed E-state index contributed by atoms with van der Waals surface area (Å²) in [5.41, 5.74) is 7.97. The molecule has 37 heavy (non-hydrogen) atoms. The highest BCUT2D eigenvalue weighted by Gasteiger charge is 2.39. The number of allylic oxidation sites excluding steroid dienone is 2. The van der Waals surface area contributed by atoms with E-state index in [1.807, 2.05) is 24.3 Å². The fourth-order valence-electron chi connectivity index (χ4n) is 6.15. The van der Waals surface area contributed by atoms with Crippen LogP contribution in [0.1, 0.15) is 65.4 Å². The van der Waals surface area contributed by atoms with Crippen LogP contribution < -0.4 is 16.0 Å². The number of carbonyl (C=O) groups is 1. The summed E-state index contributed by atoms with van der Waals surface area (Å²) in [6.45, 7) is 15.3. The van der Waals surface area contributed by atoms with Crippen LogP contribution in [0.15, 0.2) is 82.3 Å². The molecule has 0 bridgehead atoms. The number of aliphatic hydroxyl groups excluding tert-OH is 3. The van der Waals surface area contributed by atoms with Crippen LogP contribution in [0.5, 0.6) is 0 Å². The zero-order chi connectivity index (χ0) is 27.0. The Balaban J connectivity index is 1.62. The third-order valence-corrected chi connectivity index (χ3v) is 8.20. The number of aliphatic hydroxyl groups is 3. The second-order valence-electron chi connectivity index (χ2n) is 10.4. The molecule has 198 valence electrons. The minimum absolute atomic E-state index is 0.0628. The highest BCUT2D eigenvalue weighted by Crippen LogP contribution is 2.42. The van der Waals surface area contributed by atoms with Gasteiger partial charge in [0.05, 0.1) is 12.0 Å². The SMILES string of the molecule is C=C1NC(C(C2=C(C)C(CC)C(C)N2)c2ccc(NC(=O)C3C=C(O)C(O)=C(O)C3)cc2)C(C)=C1CC. The molecule has 5 atom stereocenters. The molecule has 0 aromatic heterocycles. The van der Waals surface area contributed by atoms with Crippen LogP contribution in [0.3, 0.4) is 0 Å². The van der Waals surface area contributed by atoms with Crippen molar-refractivity contribution in [1.82, 2.24) is 10.6 Å². The number of hydrogen-bond acceptors (Lipinski definition) is 6. The minimum atomic E-state index is -0.778. The molecule has 0 saturated heterocycles. The lowest BCUT2D eigenvalue weighted by Crippen LogP contribution is -2.36. The van der Waals surface area contributed by atoms with Gasteiger partial charge < -0.3 is 31.3 Å². The van der Waals surface area contributed by atoms with Gasteiger partial charge in [-0.25, -0.2) is 0 Å². The van der Waals surface area contributed by atoms with Crippen LogP contribution in [0.25, 0.3) is 0 Å². The van der Waals surface area contributed by atoms with Crippen molar-refractivity contribution in [2.24, 2.45) is 11.8 Å². The molecule has 1 aromatic carbocycles. The lowest BCUT2D eigenvalue weighted by atomic mass is 9.82. The van der Waals surface area contributed by atoms with Gasteiger partial charge in [0, 0.05) is 41.4 Å². The van der Waals surface area contributed by atoms with Crippen molar-refractivity contribution >= 4 is 11.6 Å². The van der Waals surface area contributed by atoms with Crippen LogP contribution in [-0.4, -0.2) is 33.3 Å². The Morgan fingerprint density at radius 3 is 2.32 bits per heavy atom. The van der Waals surface area contributed by atoms with E-state index in [-0.39, 0.29) is 24.3 Å². The van der Waals surface area contributed by atoms with Gasteiger partial charge in [0.2, 0.25) is 5.91 Å². The van der Waals surface area contributed by atoms with Crippen LogP contribution in [-0.2, 0) is 4.79 Å². The molecule has 1 aliphatic carbocycles. The molecule has 7 nitrogen and oxygen atoms in total. The van der Waals surface area contributed by atoms with Crippen molar-refractivity contribution in [3.8, 4) is 0 Å². The Bertz CT molecular complexity index is 1220. The summed E-state index contributed by atoms with van der Waals surface area (Å²) in [4.78, 5) is 12.8. The predicted molar refractivity (Wildman–Crippen MR) is 147 cm³/mol. The van der Waals surface area contributed by atoms with Crippen molar-refractivity contribution in [2.45, 2.75) is 71.9 Å². The molecule has 1 amide bonds. The van der Waals surface area contributed by atoms with Gasteiger partial charge in [0.15, 0.2) is 11.5 Å². The number of amides is 1. The van der Waals surface area contributed by atoms with E-state index in [0.717, 1.165) is 24.1 Å². The Labute approximate surface area is 219 Å². The number of benzene rings is 1. The quantitative estimate of drug-likeness (QED) is 0.271. The van der Waals surface area contributed by atoms with E-state index in [1.165, 1.54) is 28.5 Å². The predicted octanol–water partition coefficient (Wildman–Crippen LogP) is 6.00.